The number of fused-ring (bicyclic) bond motifs is 1. The number of aldehydes is 1. The van der Waals surface area contributed by atoms with E-state index < -0.39 is 0 Å². The van der Waals surface area contributed by atoms with Gasteiger partial charge in [0.25, 0.3) is 0 Å². The van der Waals surface area contributed by atoms with E-state index in [4.69, 9.17) is 11.7 Å². The molecule has 1 aromatic heterocycles. The third-order valence-electron chi connectivity index (χ3n) is 2.51. The Kier molecular flexibility index (Phi) is 2.59. The molecule has 82 valence electrons. The molecular formula is C11H12N4O. The van der Waals surface area contributed by atoms with E-state index >= 15 is 0 Å². The van der Waals surface area contributed by atoms with Crippen molar-refractivity contribution in [1.29, 1.82) is 0 Å². The molecule has 0 radical (unpaired) electrons. The van der Waals surface area contributed by atoms with E-state index in [-0.39, 0.29) is 0 Å². The minimum Gasteiger partial charge on any atom is -0.337 e. The van der Waals surface area contributed by atoms with Gasteiger partial charge in [0, 0.05) is 11.8 Å². The Hall–Kier alpha value is -2.30. The predicted octanol–water partition coefficient (Wildman–Crippen LogP) is -0.129. The molecule has 1 heterocycles. The summed E-state index contributed by atoms with van der Waals surface area (Å²) in [7, 11) is 0. The first-order chi connectivity index (χ1) is 7.77. The molecule has 0 saturated heterocycles. The van der Waals surface area contributed by atoms with Gasteiger partial charge in [-0.05, 0) is 23.8 Å². The highest BCUT2D eigenvalue weighted by Crippen LogP contribution is 2.15. The SMILES string of the molecule is N/N=c1/ccc2c(CC=O)cccc2n1N. The smallest absolute Gasteiger partial charge is 0.170 e. The third kappa shape index (κ3) is 1.52. The average molecular weight is 216 g/mol. The Morgan fingerprint density at radius 2 is 2.12 bits per heavy atom. The van der Waals surface area contributed by atoms with Gasteiger partial charge in [-0.15, -0.1) is 0 Å². The van der Waals surface area contributed by atoms with E-state index in [2.05, 4.69) is 5.10 Å². The second-order valence-electron chi connectivity index (χ2n) is 3.41. The van der Waals surface area contributed by atoms with Crippen LogP contribution in [0.25, 0.3) is 10.9 Å². The van der Waals surface area contributed by atoms with Gasteiger partial charge in [-0.1, -0.05) is 12.1 Å². The maximum absolute atomic E-state index is 10.5. The maximum atomic E-state index is 10.5. The highest BCUT2D eigenvalue weighted by atomic mass is 16.1. The Morgan fingerprint density at radius 3 is 2.81 bits per heavy atom. The van der Waals surface area contributed by atoms with Gasteiger partial charge in [-0.2, -0.15) is 5.10 Å². The molecule has 0 fully saturated rings. The van der Waals surface area contributed by atoms with Crippen LogP contribution in [0.1, 0.15) is 5.56 Å². The van der Waals surface area contributed by atoms with Crippen LogP contribution >= 0.6 is 0 Å². The van der Waals surface area contributed by atoms with Gasteiger partial charge in [-0.25, -0.2) is 4.68 Å². The molecule has 1 aromatic carbocycles. The van der Waals surface area contributed by atoms with Gasteiger partial charge >= 0.3 is 0 Å². The monoisotopic (exact) mass is 216 g/mol. The summed E-state index contributed by atoms with van der Waals surface area (Å²) in [5.41, 5.74) is 2.22. The van der Waals surface area contributed by atoms with E-state index in [0.717, 1.165) is 22.8 Å². The van der Waals surface area contributed by atoms with Gasteiger partial charge < -0.3 is 16.5 Å². The zero-order valence-electron chi connectivity index (χ0n) is 8.63. The van der Waals surface area contributed by atoms with Crippen molar-refractivity contribution in [1.82, 2.24) is 4.68 Å². The number of carbonyl (C=O) groups excluding carboxylic acids is 1. The topological polar surface area (TPSA) is 86.4 Å². The van der Waals surface area contributed by atoms with Crippen molar-refractivity contribution in [3.05, 3.63) is 41.4 Å². The average Bonchev–Trinajstić information content (AvgIpc) is 2.31. The number of nitrogens with two attached hydrogens (primary N) is 2. The summed E-state index contributed by atoms with van der Waals surface area (Å²) in [6.07, 6.45) is 1.24. The highest BCUT2D eigenvalue weighted by molar-refractivity contribution is 5.84. The van der Waals surface area contributed by atoms with Crippen molar-refractivity contribution in [2.24, 2.45) is 10.9 Å². The van der Waals surface area contributed by atoms with Gasteiger partial charge in [0.15, 0.2) is 5.49 Å². The molecule has 0 amide bonds. The first-order valence-electron chi connectivity index (χ1n) is 4.84. The summed E-state index contributed by atoms with van der Waals surface area (Å²) in [5, 5.41) is 4.50. The first kappa shape index (κ1) is 10.2. The second kappa shape index (κ2) is 4.06. The van der Waals surface area contributed by atoms with Gasteiger partial charge in [0.2, 0.25) is 0 Å². The molecule has 16 heavy (non-hydrogen) atoms. The molecule has 0 atom stereocenters. The lowest BCUT2D eigenvalue weighted by atomic mass is 10.1. The molecule has 2 aromatic rings. The standard InChI is InChI=1S/C11H12N4O/c12-14-11-5-4-9-8(6-7-16)2-1-3-10(9)15(11)13/h1-5,7H,6,12-13H2/b14-11-. The largest absolute Gasteiger partial charge is 0.337 e. The lowest BCUT2D eigenvalue weighted by Gasteiger charge is -2.08. The van der Waals surface area contributed by atoms with Gasteiger partial charge in [-0.3, -0.25) is 0 Å². The Labute approximate surface area is 91.9 Å². The fourth-order valence-corrected chi connectivity index (χ4v) is 1.74. The van der Waals surface area contributed by atoms with Crippen LogP contribution in [0.5, 0.6) is 0 Å². The summed E-state index contributed by atoms with van der Waals surface area (Å²) in [5.74, 6) is 11.1. The van der Waals surface area contributed by atoms with Crippen LogP contribution in [0.15, 0.2) is 35.4 Å². The van der Waals surface area contributed by atoms with Crippen molar-refractivity contribution in [3.63, 3.8) is 0 Å². The molecule has 0 aliphatic rings. The van der Waals surface area contributed by atoms with Crippen LogP contribution in [0.2, 0.25) is 0 Å². The third-order valence-corrected chi connectivity index (χ3v) is 2.51. The molecule has 0 spiro atoms. The van der Waals surface area contributed by atoms with Gasteiger partial charge in [0.1, 0.15) is 6.29 Å². The molecule has 0 saturated carbocycles. The van der Waals surface area contributed by atoms with E-state index in [1.807, 2.05) is 24.3 Å². The fourth-order valence-electron chi connectivity index (χ4n) is 1.74. The zero-order chi connectivity index (χ0) is 11.5. The van der Waals surface area contributed by atoms with Crippen LogP contribution in [-0.2, 0) is 11.2 Å². The zero-order valence-corrected chi connectivity index (χ0v) is 8.63. The van der Waals surface area contributed by atoms with Crippen LogP contribution in [0, 0.1) is 0 Å². The molecule has 0 bridgehead atoms. The number of rotatable bonds is 2. The number of aromatic nitrogens is 1. The lowest BCUT2D eigenvalue weighted by molar-refractivity contribution is -0.107. The maximum Gasteiger partial charge on any atom is 0.170 e. The molecular weight excluding hydrogens is 204 g/mol. The van der Waals surface area contributed by atoms with Crippen LogP contribution in [0.4, 0.5) is 0 Å². The fraction of sp³-hybridized carbons (Fsp3) is 0.0909. The number of hydrogen-bond donors (Lipinski definition) is 2. The minimum absolute atomic E-state index is 0.371. The molecule has 5 heteroatoms. The number of pyridine rings is 1. The van der Waals surface area contributed by atoms with E-state index in [9.17, 15) is 4.79 Å². The number of benzene rings is 1. The highest BCUT2D eigenvalue weighted by Gasteiger charge is 2.03. The number of nitrogen functional groups attached to an aromatic ring is 1. The number of hydrogen-bond acceptors (Lipinski definition) is 4. The number of nitrogens with zero attached hydrogens (tertiary/aromatic N) is 2. The van der Waals surface area contributed by atoms with E-state index in [1.54, 1.807) is 6.07 Å². The van der Waals surface area contributed by atoms with Gasteiger partial charge in [0.05, 0.1) is 5.52 Å². The Balaban J connectivity index is 2.82. The summed E-state index contributed by atoms with van der Waals surface area (Å²) in [6, 6.07) is 9.19. The van der Waals surface area contributed by atoms with Crippen molar-refractivity contribution < 1.29 is 4.79 Å². The molecule has 2 rings (SSSR count). The van der Waals surface area contributed by atoms with Crippen molar-refractivity contribution in [3.8, 4) is 0 Å². The summed E-state index contributed by atoms with van der Waals surface area (Å²) in [6.45, 7) is 0. The summed E-state index contributed by atoms with van der Waals surface area (Å²) >= 11 is 0. The Morgan fingerprint density at radius 1 is 1.31 bits per heavy atom. The second-order valence-corrected chi connectivity index (χ2v) is 3.41. The van der Waals surface area contributed by atoms with E-state index in [1.165, 1.54) is 4.68 Å². The van der Waals surface area contributed by atoms with Crippen molar-refractivity contribution in [2.45, 2.75) is 6.42 Å². The van der Waals surface area contributed by atoms with E-state index in [0.29, 0.717) is 11.9 Å². The number of carbonyl (C=O) groups is 1. The van der Waals surface area contributed by atoms with Crippen LogP contribution < -0.4 is 17.2 Å². The van der Waals surface area contributed by atoms with Crippen molar-refractivity contribution >= 4 is 17.2 Å². The molecule has 0 aliphatic heterocycles. The summed E-state index contributed by atoms with van der Waals surface area (Å²) in [4.78, 5) is 10.5. The normalized spacial score (nSPS) is 11.9. The summed E-state index contributed by atoms with van der Waals surface area (Å²) < 4.78 is 1.41. The minimum atomic E-state index is 0.371. The van der Waals surface area contributed by atoms with Crippen molar-refractivity contribution in [2.75, 3.05) is 5.84 Å². The van der Waals surface area contributed by atoms with Crippen LogP contribution in [-0.4, -0.2) is 11.0 Å². The molecule has 4 N–H and O–H groups in total. The molecule has 0 aliphatic carbocycles. The first-order valence-corrected chi connectivity index (χ1v) is 4.84. The van der Waals surface area contributed by atoms with Crippen LogP contribution in [0.3, 0.4) is 0 Å². The quantitative estimate of drug-likeness (QED) is 0.416. The lowest BCUT2D eigenvalue weighted by Crippen LogP contribution is -2.29. The predicted molar refractivity (Wildman–Crippen MR) is 61.6 cm³/mol. The molecule has 0 unspecified atom stereocenters. The Bertz CT molecular complexity index is 600. The molecule has 5 nitrogen and oxygen atoms in total.